The maximum absolute atomic E-state index is 13.3. The first kappa shape index (κ1) is 25.3. The predicted octanol–water partition coefficient (Wildman–Crippen LogP) is 3.97. The lowest BCUT2D eigenvalue weighted by molar-refractivity contribution is -0.112. The number of hydrogen-bond acceptors (Lipinski definition) is 8. The molecule has 1 aromatic heterocycles. The zero-order valence-electron chi connectivity index (χ0n) is 20.8. The normalized spacial score (nSPS) is 17.5. The molecule has 1 amide bonds. The summed E-state index contributed by atoms with van der Waals surface area (Å²) < 4.78 is 11.0. The summed E-state index contributed by atoms with van der Waals surface area (Å²) in [6.45, 7) is 5.95. The number of nitrogens with zero attached hydrogens (tertiary/aromatic N) is 3. The number of nitrogens with two attached hydrogens (primary N) is 1. The summed E-state index contributed by atoms with van der Waals surface area (Å²) in [6.07, 6.45) is 8.39. The maximum atomic E-state index is 13.3. The van der Waals surface area contributed by atoms with E-state index in [9.17, 15) is 4.79 Å². The van der Waals surface area contributed by atoms with Crippen LogP contribution >= 0.6 is 11.8 Å². The van der Waals surface area contributed by atoms with Gasteiger partial charge in [-0.25, -0.2) is 0 Å². The number of ether oxygens (including phenoxy) is 2. The molecule has 35 heavy (non-hydrogen) atoms. The maximum Gasteiger partial charge on any atom is 0.261 e. The fraction of sp³-hybridized carbons (Fsp3) is 0.462. The molecule has 0 radical (unpaired) electrons. The van der Waals surface area contributed by atoms with Crippen LogP contribution in [-0.4, -0.2) is 55.0 Å². The van der Waals surface area contributed by atoms with Gasteiger partial charge in [0.1, 0.15) is 0 Å². The standard InChI is InChI=1S/C26H35N5O3S/c1-4-11-30(12-9-27)21-8-10-28-15-20(21)29-26(32)24-6-5-7-25(35-24)31-16-18-13-22(33-2)23(34-3)14-19(18)17-31/h6,8,10,13-15,25H,4-5,7,9,11-12,16-17,27H2,1-3H3,(H,29,32). The Morgan fingerprint density at radius 2 is 1.94 bits per heavy atom. The molecule has 2 aliphatic rings. The van der Waals surface area contributed by atoms with Crippen LogP contribution in [0.3, 0.4) is 0 Å². The third kappa shape index (κ3) is 5.74. The van der Waals surface area contributed by atoms with Crippen LogP contribution in [0.15, 0.2) is 41.6 Å². The van der Waals surface area contributed by atoms with Crippen molar-refractivity contribution in [1.82, 2.24) is 9.88 Å². The van der Waals surface area contributed by atoms with Crippen molar-refractivity contribution in [3.8, 4) is 11.5 Å². The van der Waals surface area contributed by atoms with Crippen molar-refractivity contribution in [2.75, 3.05) is 44.1 Å². The van der Waals surface area contributed by atoms with Crippen LogP contribution in [-0.2, 0) is 17.9 Å². The molecule has 1 unspecified atom stereocenters. The molecular weight excluding hydrogens is 462 g/mol. The number of benzene rings is 1. The Morgan fingerprint density at radius 1 is 1.23 bits per heavy atom. The molecule has 0 saturated heterocycles. The molecule has 4 rings (SSSR count). The van der Waals surface area contributed by atoms with Gasteiger partial charge in [0.25, 0.3) is 5.91 Å². The highest BCUT2D eigenvalue weighted by Crippen LogP contribution is 2.41. The van der Waals surface area contributed by atoms with Crippen molar-refractivity contribution in [2.24, 2.45) is 5.73 Å². The minimum atomic E-state index is -0.0850. The first-order valence-corrected chi connectivity index (χ1v) is 13.0. The summed E-state index contributed by atoms with van der Waals surface area (Å²) in [5.41, 5.74) is 10.0. The Hall–Kier alpha value is -2.75. The Kier molecular flexibility index (Phi) is 8.54. The number of thioether (sulfide) groups is 1. The van der Waals surface area contributed by atoms with Gasteiger partial charge in [0.05, 0.1) is 42.1 Å². The zero-order chi connectivity index (χ0) is 24.8. The number of hydrogen-bond donors (Lipinski definition) is 2. The Labute approximate surface area is 211 Å². The lowest BCUT2D eigenvalue weighted by atomic mass is 10.1. The number of anilines is 2. The third-order valence-electron chi connectivity index (χ3n) is 6.37. The average molecular weight is 498 g/mol. The molecule has 3 heterocycles. The van der Waals surface area contributed by atoms with Gasteiger partial charge in [0, 0.05) is 38.9 Å². The largest absolute Gasteiger partial charge is 0.493 e. The minimum absolute atomic E-state index is 0.0850. The van der Waals surface area contributed by atoms with E-state index in [1.165, 1.54) is 11.1 Å². The van der Waals surface area contributed by atoms with E-state index in [1.807, 2.05) is 12.1 Å². The summed E-state index contributed by atoms with van der Waals surface area (Å²) in [5.74, 6) is 1.42. The summed E-state index contributed by atoms with van der Waals surface area (Å²) in [4.78, 5) is 22.9. The minimum Gasteiger partial charge on any atom is -0.493 e. The van der Waals surface area contributed by atoms with Crippen molar-refractivity contribution in [1.29, 1.82) is 0 Å². The molecule has 3 N–H and O–H groups in total. The predicted molar refractivity (Wildman–Crippen MR) is 142 cm³/mol. The van der Waals surface area contributed by atoms with Crippen LogP contribution in [0.1, 0.15) is 37.3 Å². The fourth-order valence-electron chi connectivity index (χ4n) is 4.69. The molecule has 188 valence electrons. The van der Waals surface area contributed by atoms with E-state index in [0.717, 1.165) is 73.2 Å². The van der Waals surface area contributed by atoms with Crippen molar-refractivity contribution in [2.45, 2.75) is 44.6 Å². The second kappa shape index (κ2) is 11.8. The Balaban J connectivity index is 1.44. The van der Waals surface area contributed by atoms with E-state index >= 15 is 0 Å². The van der Waals surface area contributed by atoms with Crippen molar-refractivity contribution in [3.63, 3.8) is 0 Å². The highest BCUT2D eigenvalue weighted by Gasteiger charge is 2.31. The van der Waals surface area contributed by atoms with Gasteiger partial charge in [-0.3, -0.25) is 14.7 Å². The Morgan fingerprint density at radius 3 is 2.57 bits per heavy atom. The van der Waals surface area contributed by atoms with Crippen molar-refractivity contribution in [3.05, 3.63) is 52.7 Å². The van der Waals surface area contributed by atoms with Gasteiger partial charge in [0.15, 0.2) is 11.5 Å². The molecule has 9 heteroatoms. The lowest BCUT2D eigenvalue weighted by Gasteiger charge is -2.30. The SMILES string of the molecule is CCCN(CCN)c1ccncc1NC(=O)C1=CCCC(N2Cc3cc(OC)c(OC)cc3C2)S1. The second-order valence-electron chi connectivity index (χ2n) is 8.72. The van der Waals surface area contributed by atoms with Gasteiger partial charge >= 0.3 is 0 Å². The van der Waals surface area contributed by atoms with Crippen LogP contribution in [0.4, 0.5) is 11.4 Å². The molecule has 1 aromatic carbocycles. The molecule has 0 aliphatic carbocycles. The zero-order valence-corrected chi connectivity index (χ0v) is 21.6. The smallest absolute Gasteiger partial charge is 0.261 e. The number of nitrogens with one attached hydrogen (secondary N) is 1. The molecular formula is C26H35N5O3S. The van der Waals surface area contributed by atoms with Gasteiger partial charge in [-0.15, -0.1) is 11.8 Å². The summed E-state index contributed by atoms with van der Waals surface area (Å²) in [5, 5.41) is 3.34. The van der Waals surface area contributed by atoms with Crippen LogP contribution < -0.4 is 25.4 Å². The number of carbonyl (C=O) groups is 1. The average Bonchev–Trinajstić information content (AvgIpc) is 3.31. The second-order valence-corrected chi connectivity index (χ2v) is 9.94. The molecule has 0 fully saturated rings. The number of pyridine rings is 1. The molecule has 8 nitrogen and oxygen atoms in total. The highest BCUT2D eigenvalue weighted by molar-refractivity contribution is 8.04. The number of fused-ring (bicyclic) bond motifs is 1. The van der Waals surface area contributed by atoms with Crippen LogP contribution in [0.5, 0.6) is 11.5 Å². The van der Waals surface area contributed by atoms with Gasteiger partial charge in [0.2, 0.25) is 0 Å². The lowest BCUT2D eigenvalue weighted by Crippen LogP contribution is -2.32. The molecule has 2 aliphatic heterocycles. The van der Waals surface area contributed by atoms with Crippen molar-refractivity contribution < 1.29 is 14.3 Å². The van der Waals surface area contributed by atoms with E-state index in [1.54, 1.807) is 38.4 Å². The monoisotopic (exact) mass is 497 g/mol. The number of methoxy groups -OCH3 is 2. The topological polar surface area (TPSA) is 93.0 Å². The van der Waals surface area contributed by atoms with Crippen LogP contribution in [0, 0.1) is 0 Å². The molecule has 0 spiro atoms. The molecule has 0 bridgehead atoms. The quantitative estimate of drug-likeness (QED) is 0.510. The fourth-order valence-corrected chi connectivity index (χ4v) is 5.91. The number of allylic oxidation sites excluding steroid dienone is 1. The van der Waals surface area contributed by atoms with Crippen LogP contribution in [0.25, 0.3) is 0 Å². The van der Waals surface area contributed by atoms with Crippen LogP contribution in [0.2, 0.25) is 0 Å². The number of rotatable bonds is 10. The van der Waals surface area contributed by atoms with Crippen molar-refractivity contribution >= 4 is 29.0 Å². The third-order valence-corrected chi connectivity index (χ3v) is 7.78. The Bertz CT molecular complexity index is 1040. The first-order valence-electron chi connectivity index (χ1n) is 12.1. The molecule has 2 aromatic rings. The van der Waals surface area contributed by atoms with Gasteiger partial charge in [-0.05, 0) is 48.6 Å². The summed E-state index contributed by atoms with van der Waals surface area (Å²) in [7, 11) is 3.32. The molecule has 0 saturated carbocycles. The van der Waals surface area contributed by atoms with Gasteiger partial charge in [-0.2, -0.15) is 0 Å². The number of carbonyl (C=O) groups excluding carboxylic acids is 1. The summed E-state index contributed by atoms with van der Waals surface area (Å²) in [6, 6.07) is 6.08. The van der Waals surface area contributed by atoms with E-state index in [4.69, 9.17) is 15.2 Å². The number of amides is 1. The van der Waals surface area contributed by atoms with E-state index in [0.29, 0.717) is 6.54 Å². The molecule has 1 atom stereocenters. The highest BCUT2D eigenvalue weighted by atomic mass is 32.2. The van der Waals surface area contributed by atoms with E-state index in [-0.39, 0.29) is 11.3 Å². The van der Waals surface area contributed by atoms with E-state index in [2.05, 4.69) is 39.2 Å². The van der Waals surface area contributed by atoms with E-state index < -0.39 is 0 Å². The van der Waals surface area contributed by atoms with Gasteiger partial charge in [-0.1, -0.05) is 13.0 Å². The first-order chi connectivity index (χ1) is 17.1. The van der Waals surface area contributed by atoms with Gasteiger partial charge < -0.3 is 25.4 Å². The summed E-state index contributed by atoms with van der Waals surface area (Å²) >= 11 is 1.64. The number of aromatic nitrogens is 1.